The molecule has 2 aromatic carbocycles. The molecule has 0 saturated heterocycles. The topological polar surface area (TPSA) is 50.7 Å². The summed E-state index contributed by atoms with van der Waals surface area (Å²) in [5.74, 6) is 2.24. The minimum Gasteiger partial charge on any atom is -0.676 e. The van der Waals surface area contributed by atoms with Gasteiger partial charge in [-0.1, -0.05) is 101 Å². The summed E-state index contributed by atoms with van der Waals surface area (Å²) in [6.45, 7) is -0.775. The molecule has 0 saturated carbocycles. The molecule has 4 nitrogen and oxygen atoms in total. The maximum absolute atomic E-state index is 12.4. The second kappa shape index (κ2) is 8.55. The van der Waals surface area contributed by atoms with Crippen LogP contribution < -0.4 is 16.2 Å². The predicted molar refractivity (Wildman–Crippen MR) is 121 cm³/mol. The Labute approximate surface area is 184 Å². The minimum absolute atomic E-state index is 0.00785. The van der Waals surface area contributed by atoms with E-state index in [1.807, 2.05) is 60.7 Å². The van der Waals surface area contributed by atoms with E-state index in [2.05, 4.69) is 11.2 Å². The first-order valence-electron chi connectivity index (χ1n) is 8.84. The lowest BCUT2D eigenvalue weighted by Gasteiger charge is -2.46. The third kappa shape index (κ3) is 4.30. The minimum atomic E-state index is -2.25. The Morgan fingerprint density at radius 2 is 1.62 bits per heavy atom. The van der Waals surface area contributed by atoms with Crippen LogP contribution in [-0.4, -0.2) is 28.3 Å². The number of hydrogen-bond donors (Lipinski definition) is 1. The van der Waals surface area contributed by atoms with Gasteiger partial charge in [-0.25, -0.2) is 0 Å². The van der Waals surface area contributed by atoms with Crippen LogP contribution in [0.25, 0.3) is 0 Å². The van der Waals surface area contributed by atoms with E-state index in [0.717, 1.165) is 10.9 Å². The maximum Gasteiger partial charge on any atom is 0.336 e. The summed E-state index contributed by atoms with van der Waals surface area (Å²) in [5.41, 5.74) is 1.58. The monoisotopic (exact) mass is 445 g/mol. The van der Waals surface area contributed by atoms with Gasteiger partial charge in [0.2, 0.25) is 3.79 Å². The molecule has 0 bridgehead atoms. The number of hydrogen-bond acceptors (Lipinski definition) is 4. The summed E-state index contributed by atoms with van der Waals surface area (Å²) in [4.78, 5) is 17.2. The highest BCUT2D eigenvalue weighted by Crippen LogP contribution is 2.36. The van der Waals surface area contributed by atoms with Crippen LogP contribution in [0, 0.1) is 12.3 Å². The SMILES string of the molecule is C#CCNC1=C(C(C)=O)C(C(Cl)(Cl)Cl)=N[B-](c2ccccc2)(c2ccccc2)O1. The van der Waals surface area contributed by atoms with Gasteiger partial charge in [-0.2, -0.15) is 0 Å². The molecule has 148 valence electrons. The molecular formula is C21H17BCl3N2O2-. The number of rotatable bonds is 5. The van der Waals surface area contributed by atoms with Crippen LogP contribution in [0.15, 0.2) is 77.0 Å². The highest BCUT2D eigenvalue weighted by atomic mass is 35.6. The van der Waals surface area contributed by atoms with Crippen molar-refractivity contribution in [2.24, 2.45) is 4.90 Å². The van der Waals surface area contributed by atoms with Crippen LogP contribution in [0.3, 0.4) is 0 Å². The second-order valence-corrected chi connectivity index (χ2v) is 8.76. The van der Waals surface area contributed by atoms with Crippen molar-refractivity contribution in [3.8, 4) is 12.3 Å². The number of alkyl halides is 3. The number of nitrogens with zero attached hydrogens (tertiary/aromatic N) is 1. The van der Waals surface area contributed by atoms with Gasteiger partial charge in [-0.3, -0.25) is 4.79 Å². The van der Waals surface area contributed by atoms with E-state index in [1.165, 1.54) is 6.92 Å². The molecule has 0 amide bonds. The van der Waals surface area contributed by atoms with Gasteiger partial charge in [0.25, 0.3) is 0 Å². The molecule has 0 aliphatic carbocycles. The number of ketones is 1. The molecule has 1 aliphatic rings. The average Bonchev–Trinajstić information content (AvgIpc) is 2.72. The van der Waals surface area contributed by atoms with Gasteiger partial charge in [0.1, 0.15) is 0 Å². The summed E-state index contributed by atoms with van der Waals surface area (Å²) >= 11 is 18.8. The van der Waals surface area contributed by atoms with E-state index in [-0.39, 0.29) is 29.5 Å². The quantitative estimate of drug-likeness (QED) is 0.436. The van der Waals surface area contributed by atoms with Crippen LogP contribution in [-0.2, 0) is 9.45 Å². The molecule has 0 radical (unpaired) electrons. The van der Waals surface area contributed by atoms with Gasteiger partial charge in [0.05, 0.1) is 17.8 Å². The summed E-state index contributed by atoms with van der Waals surface area (Å²) in [5, 5.41) is 2.96. The normalized spacial score (nSPS) is 15.8. The highest BCUT2D eigenvalue weighted by molar-refractivity contribution is 6.98. The summed E-state index contributed by atoms with van der Waals surface area (Å²) in [6, 6.07) is 18.8. The fourth-order valence-electron chi connectivity index (χ4n) is 3.32. The molecular weight excluding hydrogens is 429 g/mol. The fourth-order valence-corrected chi connectivity index (χ4v) is 3.75. The van der Waals surface area contributed by atoms with Gasteiger partial charge in [-0.15, -0.1) is 17.3 Å². The molecule has 1 heterocycles. The standard InChI is InChI=1S/C21H17BCl3N2O2/c1-3-14-26-20-18(15(2)28)19(21(23,24)25)27-22(29-20,16-10-6-4-7-11-16)17-12-8-5-9-13-17/h1,4-13,26H,14H2,2H3/q-1. The fraction of sp³-hybridized carbons (Fsp3) is 0.143. The predicted octanol–water partition coefficient (Wildman–Crippen LogP) is 3.11. The van der Waals surface area contributed by atoms with Crippen LogP contribution >= 0.6 is 34.8 Å². The Hall–Kier alpha value is -2.39. The molecule has 1 N–H and O–H groups in total. The van der Waals surface area contributed by atoms with Crippen molar-refractivity contribution in [2.45, 2.75) is 10.7 Å². The smallest absolute Gasteiger partial charge is 0.336 e. The first-order valence-corrected chi connectivity index (χ1v) is 9.97. The zero-order chi connectivity index (χ0) is 21.1. The van der Waals surface area contributed by atoms with Crippen molar-refractivity contribution < 1.29 is 9.45 Å². The van der Waals surface area contributed by atoms with Crippen molar-refractivity contribution in [3.05, 3.63) is 72.1 Å². The zero-order valence-electron chi connectivity index (χ0n) is 15.5. The Balaban J connectivity index is 2.35. The third-order valence-electron chi connectivity index (χ3n) is 4.54. The first-order chi connectivity index (χ1) is 13.8. The highest BCUT2D eigenvalue weighted by Gasteiger charge is 2.43. The van der Waals surface area contributed by atoms with E-state index in [0.29, 0.717) is 0 Å². The largest absolute Gasteiger partial charge is 0.676 e. The number of terminal acetylenes is 1. The van der Waals surface area contributed by atoms with Gasteiger partial charge < -0.3 is 14.9 Å². The Morgan fingerprint density at radius 1 is 1.10 bits per heavy atom. The van der Waals surface area contributed by atoms with Gasteiger partial charge in [0, 0.05) is 0 Å². The maximum atomic E-state index is 12.4. The molecule has 0 atom stereocenters. The number of allylic oxidation sites excluding steroid dienone is 1. The molecule has 0 unspecified atom stereocenters. The lowest BCUT2D eigenvalue weighted by molar-refractivity contribution is -0.113. The summed E-state index contributed by atoms with van der Waals surface area (Å²) < 4.78 is 4.44. The average molecular weight is 447 g/mol. The number of carbonyl (C=O) groups excluding carboxylic acids is 1. The van der Waals surface area contributed by atoms with Crippen LogP contribution in [0.5, 0.6) is 0 Å². The van der Waals surface area contributed by atoms with Crippen molar-refractivity contribution >= 4 is 63.7 Å². The number of carbonyl (C=O) groups is 1. The van der Waals surface area contributed by atoms with Gasteiger partial charge >= 0.3 is 6.48 Å². The number of nitrogens with one attached hydrogen (secondary N) is 1. The first kappa shape index (κ1) is 21.3. The van der Waals surface area contributed by atoms with E-state index in [4.69, 9.17) is 50.8 Å². The van der Waals surface area contributed by atoms with Crippen molar-refractivity contribution in [2.75, 3.05) is 6.54 Å². The molecule has 3 rings (SSSR count). The van der Waals surface area contributed by atoms with Gasteiger partial charge in [-0.05, 0) is 6.92 Å². The van der Waals surface area contributed by atoms with E-state index in [9.17, 15) is 4.79 Å². The van der Waals surface area contributed by atoms with Crippen molar-refractivity contribution in [1.82, 2.24) is 5.32 Å². The van der Waals surface area contributed by atoms with Crippen molar-refractivity contribution in [3.63, 3.8) is 0 Å². The molecule has 0 aromatic heterocycles. The Morgan fingerprint density at radius 3 is 2.03 bits per heavy atom. The van der Waals surface area contributed by atoms with E-state index < -0.39 is 10.3 Å². The lowest BCUT2D eigenvalue weighted by atomic mass is 9.42. The molecule has 8 heteroatoms. The van der Waals surface area contributed by atoms with Gasteiger partial charge in [0.15, 0.2) is 11.7 Å². The molecule has 2 aromatic rings. The van der Waals surface area contributed by atoms with E-state index >= 15 is 0 Å². The molecule has 1 aliphatic heterocycles. The van der Waals surface area contributed by atoms with Crippen molar-refractivity contribution in [1.29, 1.82) is 0 Å². The molecule has 0 spiro atoms. The van der Waals surface area contributed by atoms with E-state index in [1.54, 1.807) is 0 Å². The van der Waals surface area contributed by atoms with Crippen LogP contribution in [0.1, 0.15) is 6.92 Å². The lowest BCUT2D eigenvalue weighted by Crippen LogP contribution is -2.63. The Bertz CT molecular complexity index is 970. The summed E-state index contributed by atoms with van der Waals surface area (Å²) in [6.07, 6.45) is 5.40. The van der Waals surface area contributed by atoms with Crippen LogP contribution in [0.2, 0.25) is 0 Å². The molecule has 29 heavy (non-hydrogen) atoms. The van der Waals surface area contributed by atoms with Crippen LogP contribution in [0.4, 0.5) is 0 Å². The number of benzene rings is 2. The number of halogens is 3. The summed E-state index contributed by atoms with van der Waals surface area (Å²) in [7, 11) is 0. The third-order valence-corrected chi connectivity index (χ3v) is 5.07. The second-order valence-electron chi connectivity index (χ2n) is 6.48. The Kier molecular flexibility index (Phi) is 6.28. The zero-order valence-corrected chi connectivity index (χ0v) is 17.8. The number of Topliss-reactive ketones (excluding diaryl/α,β-unsaturated/α-hetero) is 1. The molecule has 0 fully saturated rings.